The minimum atomic E-state index is -0.297. The van der Waals surface area contributed by atoms with Crippen LogP contribution in [0.1, 0.15) is 15.9 Å². The molecule has 0 saturated carbocycles. The summed E-state index contributed by atoms with van der Waals surface area (Å²) in [6.07, 6.45) is 0. The first-order chi connectivity index (χ1) is 13.4. The molecule has 4 nitrogen and oxygen atoms in total. The van der Waals surface area contributed by atoms with Crippen LogP contribution >= 0.6 is 34.8 Å². The second kappa shape index (κ2) is 7.47. The Balaban J connectivity index is 1.64. The van der Waals surface area contributed by atoms with E-state index in [2.05, 4.69) is 10.3 Å². The van der Waals surface area contributed by atoms with E-state index in [0.717, 1.165) is 5.56 Å². The molecule has 0 bridgehead atoms. The largest absolute Gasteiger partial charge is 0.436 e. The molecule has 4 rings (SSSR count). The van der Waals surface area contributed by atoms with Gasteiger partial charge >= 0.3 is 0 Å². The summed E-state index contributed by atoms with van der Waals surface area (Å²) in [5, 5.41) is 4.21. The lowest BCUT2D eigenvalue weighted by atomic mass is 10.1. The number of rotatable bonds is 3. The van der Waals surface area contributed by atoms with Crippen LogP contribution in [0.3, 0.4) is 0 Å². The van der Waals surface area contributed by atoms with Crippen molar-refractivity contribution in [3.8, 4) is 11.5 Å². The van der Waals surface area contributed by atoms with Gasteiger partial charge in [0.05, 0.1) is 21.2 Å². The maximum atomic E-state index is 12.5. The van der Waals surface area contributed by atoms with Crippen molar-refractivity contribution in [2.24, 2.45) is 0 Å². The number of amides is 1. The fourth-order valence-electron chi connectivity index (χ4n) is 2.79. The van der Waals surface area contributed by atoms with E-state index in [1.54, 1.807) is 48.5 Å². The Morgan fingerprint density at radius 1 is 0.964 bits per heavy atom. The molecule has 0 spiro atoms. The number of oxazole rings is 1. The monoisotopic (exact) mass is 430 g/mol. The van der Waals surface area contributed by atoms with Gasteiger partial charge in [-0.15, -0.1) is 0 Å². The van der Waals surface area contributed by atoms with Crippen molar-refractivity contribution >= 4 is 57.5 Å². The van der Waals surface area contributed by atoms with Gasteiger partial charge in [0.1, 0.15) is 5.52 Å². The number of hydrogen-bond acceptors (Lipinski definition) is 3. The van der Waals surface area contributed by atoms with Crippen molar-refractivity contribution < 1.29 is 9.21 Å². The maximum Gasteiger partial charge on any atom is 0.257 e. The van der Waals surface area contributed by atoms with E-state index in [1.807, 2.05) is 13.0 Å². The highest BCUT2D eigenvalue weighted by Crippen LogP contribution is 2.32. The van der Waals surface area contributed by atoms with Crippen LogP contribution in [0, 0.1) is 6.92 Å². The van der Waals surface area contributed by atoms with Crippen molar-refractivity contribution in [2.45, 2.75) is 6.92 Å². The van der Waals surface area contributed by atoms with Crippen molar-refractivity contribution in [2.75, 3.05) is 5.32 Å². The molecule has 0 aliphatic carbocycles. The molecule has 0 aliphatic heterocycles. The van der Waals surface area contributed by atoms with Gasteiger partial charge in [-0.25, -0.2) is 4.98 Å². The number of fused-ring (bicyclic) bond motifs is 1. The third-order valence-electron chi connectivity index (χ3n) is 4.18. The Kier molecular flexibility index (Phi) is 5.02. The van der Waals surface area contributed by atoms with Gasteiger partial charge in [0, 0.05) is 10.7 Å². The highest BCUT2D eigenvalue weighted by Gasteiger charge is 2.14. The Bertz CT molecular complexity index is 1220. The lowest BCUT2D eigenvalue weighted by Gasteiger charge is -2.07. The van der Waals surface area contributed by atoms with Crippen LogP contribution in [0.15, 0.2) is 59.0 Å². The number of aryl methyl sites for hydroxylation is 1. The molecule has 28 heavy (non-hydrogen) atoms. The summed E-state index contributed by atoms with van der Waals surface area (Å²) in [7, 11) is 0. The molecule has 0 aliphatic rings. The average molecular weight is 432 g/mol. The first kappa shape index (κ1) is 18.8. The molecule has 1 heterocycles. The quantitative estimate of drug-likeness (QED) is 0.379. The Hall–Kier alpha value is -2.53. The zero-order chi connectivity index (χ0) is 19.8. The highest BCUT2D eigenvalue weighted by molar-refractivity contribution is 6.36. The number of carbonyl (C=O) groups is 1. The topological polar surface area (TPSA) is 55.1 Å². The molecule has 4 aromatic rings. The number of nitrogens with zero attached hydrogens (tertiary/aromatic N) is 1. The fourth-order valence-corrected chi connectivity index (χ4v) is 3.60. The van der Waals surface area contributed by atoms with E-state index in [0.29, 0.717) is 48.9 Å². The summed E-state index contributed by atoms with van der Waals surface area (Å²) in [4.78, 5) is 17.0. The van der Waals surface area contributed by atoms with Crippen LogP contribution in [0.25, 0.3) is 22.6 Å². The van der Waals surface area contributed by atoms with Crippen molar-refractivity contribution in [3.05, 3.63) is 80.8 Å². The van der Waals surface area contributed by atoms with E-state index in [-0.39, 0.29) is 5.91 Å². The van der Waals surface area contributed by atoms with E-state index >= 15 is 0 Å². The van der Waals surface area contributed by atoms with Gasteiger partial charge in [-0.05, 0) is 61.0 Å². The van der Waals surface area contributed by atoms with Gasteiger partial charge in [0.25, 0.3) is 5.91 Å². The Labute approximate surface area is 176 Å². The van der Waals surface area contributed by atoms with Crippen LogP contribution in [0.4, 0.5) is 5.69 Å². The van der Waals surface area contributed by atoms with E-state index in [9.17, 15) is 4.79 Å². The molecule has 7 heteroatoms. The van der Waals surface area contributed by atoms with Crippen LogP contribution in [0.5, 0.6) is 0 Å². The summed E-state index contributed by atoms with van der Waals surface area (Å²) < 4.78 is 5.78. The molecule has 0 unspecified atom stereocenters. The summed E-state index contributed by atoms with van der Waals surface area (Å²) in [6.45, 7) is 1.91. The number of hydrogen-bond donors (Lipinski definition) is 1. The summed E-state index contributed by atoms with van der Waals surface area (Å²) in [5.41, 5.74) is 3.77. The third kappa shape index (κ3) is 3.72. The SMILES string of the molecule is Cc1ccc(C(=O)Nc2ccc3oc(-c4ccc(Cl)cc4Cl)nc3c2)c(Cl)c1. The van der Waals surface area contributed by atoms with Crippen LogP contribution < -0.4 is 5.32 Å². The minimum absolute atomic E-state index is 0.297. The second-order valence-corrected chi connectivity index (χ2v) is 7.51. The first-order valence-electron chi connectivity index (χ1n) is 8.34. The molecular weight excluding hydrogens is 419 g/mol. The zero-order valence-electron chi connectivity index (χ0n) is 14.6. The standard InChI is InChI=1S/C21H13Cl3N2O2/c1-11-2-5-14(16(23)8-11)20(27)25-13-4-7-19-18(10-13)26-21(28-19)15-6-3-12(22)9-17(15)24/h2-10H,1H3,(H,25,27). The Morgan fingerprint density at radius 2 is 1.79 bits per heavy atom. The minimum Gasteiger partial charge on any atom is -0.436 e. The summed E-state index contributed by atoms with van der Waals surface area (Å²) >= 11 is 18.3. The molecule has 1 N–H and O–H groups in total. The summed E-state index contributed by atoms with van der Waals surface area (Å²) in [6, 6.07) is 15.6. The first-order valence-corrected chi connectivity index (χ1v) is 9.47. The molecule has 1 aromatic heterocycles. The van der Waals surface area contributed by atoms with Crippen molar-refractivity contribution in [3.63, 3.8) is 0 Å². The number of aromatic nitrogens is 1. The van der Waals surface area contributed by atoms with Crippen LogP contribution in [-0.2, 0) is 0 Å². The van der Waals surface area contributed by atoms with Gasteiger partial charge in [-0.1, -0.05) is 40.9 Å². The number of halogens is 3. The number of nitrogens with one attached hydrogen (secondary N) is 1. The molecule has 3 aromatic carbocycles. The normalized spacial score (nSPS) is 11.0. The molecular formula is C21H13Cl3N2O2. The van der Waals surface area contributed by atoms with Gasteiger partial charge in [-0.2, -0.15) is 0 Å². The number of carbonyl (C=O) groups excluding carboxylic acids is 1. The van der Waals surface area contributed by atoms with E-state index < -0.39 is 0 Å². The molecule has 140 valence electrons. The van der Waals surface area contributed by atoms with Crippen molar-refractivity contribution in [1.29, 1.82) is 0 Å². The van der Waals surface area contributed by atoms with E-state index in [4.69, 9.17) is 39.2 Å². The molecule has 0 saturated heterocycles. The van der Waals surface area contributed by atoms with Crippen molar-refractivity contribution in [1.82, 2.24) is 4.98 Å². The van der Waals surface area contributed by atoms with Gasteiger partial charge < -0.3 is 9.73 Å². The second-order valence-electron chi connectivity index (χ2n) is 6.26. The predicted octanol–water partition coefficient (Wildman–Crippen LogP) is 7.02. The molecule has 0 atom stereocenters. The van der Waals surface area contributed by atoms with Crippen LogP contribution in [0.2, 0.25) is 15.1 Å². The Morgan fingerprint density at radius 3 is 2.54 bits per heavy atom. The third-order valence-corrected chi connectivity index (χ3v) is 5.04. The lowest BCUT2D eigenvalue weighted by Crippen LogP contribution is -2.12. The highest BCUT2D eigenvalue weighted by atomic mass is 35.5. The average Bonchev–Trinajstić information content (AvgIpc) is 3.04. The lowest BCUT2D eigenvalue weighted by molar-refractivity contribution is 0.102. The zero-order valence-corrected chi connectivity index (χ0v) is 16.9. The van der Waals surface area contributed by atoms with Gasteiger partial charge in [0.2, 0.25) is 5.89 Å². The molecule has 0 fully saturated rings. The summed E-state index contributed by atoms with van der Waals surface area (Å²) in [5.74, 6) is 0.0792. The van der Waals surface area contributed by atoms with Gasteiger partial charge in [-0.3, -0.25) is 4.79 Å². The van der Waals surface area contributed by atoms with E-state index in [1.165, 1.54) is 0 Å². The van der Waals surface area contributed by atoms with Crippen LogP contribution in [-0.4, -0.2) is 10.9 Å². The fraction of sp³-hybridized carbons (Fsp3) is 0.0476. The van der Waals surface area contributed by atoms with Gasteiger partial charge in [0.15, 0.2) is 5.58 Å². The molecule has 0 radical (unpaired) electrons. The molecule has 1 amide bonds. The maximum absolute atomic E-state index is 12.5. The number of anilines is 1. The predicted molar refractivity (Wildman–Crippen MR) is 114 cm³/mol. The number of benzene rings is 3. The smallest absolute Gasteiger partial charge is 0.257 e.